The number of hydrogen-bond acceptors (Lipinski definition) is 4. The van der Waals surface area contributed by atoms with E-state index in [9.17, 15) is 9.59 Å². The van der Waals surface area contributed by atoms with Gasteiger partial charge in [0.1, 0.15) is 0 Å². The molecule has 0 fully saturated rings. The first-order chi connectivity index (χ1) is 8.63. The zero-order valence-electron chi connectivity index (χ0n) is 10.3. The lowest BCUT2D eigenvalue weighted by molar-refractivity contribution is 0.0678. The van der Waals surface area contributed by atoms with Crippen molar-refractivity contribution in [3.63, 3.8) is 0 Å². The lowest BCUT2D eigenvalue weighted by Gasteiger charge is -2.13. The van der Waals surface area contributed by atoms with Crippen LogP contribution in [0.25, 0.3) is 0 Å². The molecule has 0 saturated heterocycles. The second-order valence-electron chi connectivity index (χ2n) is 4.28. The van der Waals surface area contributed by atoms with Crippen molar-refractivity contribution in [2.75, 3.05) is 12.3 Å². The van der Waals surface area contributed by atoms with Crippen molar-refractivity contribution in [2.45, 2.75) is 26.3 Å². The number of benzene rings is 1. The first-order valence-electron chi connectivity index (χ1n) is 6.00. The molecule has 2 N–H and O–H groups in total. The number of nitrogens with zero attached hydrogens (tertiary/aromatic N) is 1. The van der Waals surface area contributed by atoms with Crippen molar-refractivity contribution in [1.29, 1.82) is 0 Å². The Bertz CT molecular complexity index is 485. The molecule has 1 heterocycles. The van der Waals surface area contributed by atoms with E-state index in [1.54, 1.807) is 18.2 Å². The highest BCUT2D eigenvalue weighted by atomic mass is 16.6. The van der Waals surface area contributed by atoms with Crippen LogP contribution in [0.4, 0.5) is 10.5 Å². The molecule has 5 heteroatoms. The molecule has 96 valence electrons. The van der Waals surface area contributed by atoms with Crippen LogP contribution in [0.3, 0.4) is 0 Å². The fourth-order valence-electron chi connectivity index (χ4n) is 1.87. The number of carbonyl (C=O) groups is 2. The van der Waals surface area contributed by atoms with Gasteiger partial charge in [-0.3, -0.25) is 4.79 Å². The van der Waals surface area contributed by atoms with E-state index in [0.717, 1.165) is 23.3 Å². The summed E-state index contributed by atoms with van der Waals surface area (Å²) in [6, 6.07) is 5.02. The Morgan fingerprint density at radius 3 is 3.00 bits per heavy atom. The van der Waals surface area contributed by atoms with Crippen molar-refractivity contribution in [3.8, 4) is 0 Å². The molecule has 0 saturated carbocycles. The molecule has 5 nitrogen and oxygen atoms in total. The van der Waals surface area contributed by atoms with E-state index in [4.69, 9.17) is 10.5 Å². The number of nitrogens with two attached hydrogens (primary N) is 1. The van der Waals surface area contributed by atoms with E-state index in [0.29, 0.717) is 17.9 Å². The minimum Gasteiger partial charge on any atom is -0.449 e. The fourth-order valence-corrected chi connectivity index (χ4v) is 1.87. The number of ether oxygens (including phenoxy) is 1. The lowest BCUT2D eigenvalue weighted by atomic mass is 10.1. The summed E-state index contributed by atoms with van der Waals surface area (Å²) in [5.41, 5.74) is 7.53. The van der Waals surface area contributed by atoms with Gasteiger partial charge in [0.2, 0.25) is 0 Å². The number of hydrogen-bond donors (Lipinski definition) is 1. The monoisotopic (exact) mass is 248 g/mol. The summed E-state index contributed by atoms with van der Waals surface area (Å²) in [6.45, 7) is 2.59. The first-order valence-corrected chi connectivity index (χ1v) is 6.00. The average Bonchev–Trinajstić information content (AvgIpc) is 2.66. The van der Waals surface area contributed by atoms with Crippen molar-refractivity contribution in [1.82, 2.24) is 4.90 Å². The maximum absolute atomic E-state index is 12.0. The zero-order valence-corrected chi connectivity index (χ0v) is 10.3. The molecule has 0 radical (unpaired) electrons. The second-order valence-corrected chi connectivity index (χ2v) is 4.28. The third-order valence-electron chi connectivity index (χ3n) is 2.88. The van der Waals surface area contributed by atoms with Crippen molar-refractivity contribution in [2.24, 2.45) is 0 Å². The summed E-state index contributed by atoms with van der Waals surface area (Å²) in [5.74, 6) is -0.313. The average molecular weight is 248 g/mol. The number of nitrogen functional groups attached to an aromatic ring is 1. The quantitative estimate of drug-likeness (QED) is 0.657. The molecule has 0 unspecified atom stereocenters. The molecular weight excluding hydrogens is 232 g/mol. The SMILES string of the molecule is CCCCOC(=O)N1Cc2cc(N)ccc2C1=O. The van der Waals surface area contributed by atoms with Gasteiger partial charge in [-0.15, -0.1) is 0 Å². The summed E-state index contributed by atoms with van der Waals surface area (Å²) in [7, 11) is 0. The Labute approximate surface area is 106 Å². The smallest absolute Gasteiger partial charge is 0.417 e. The highest BCUT2D eigenvalue weighted by Crippen LogP contribution is 2.25. The number of amides is 2. The van der Waals surface area contributed by atoms with Crippen LogP contribution in [0.15, 0.2) is 18.2 Å². The number of unbranched alkanes of at least 4 members (excludes halogenated alkanes) is 1. The second kappa shape index (κ2) is 5.08. The Morgan fingerprint density at radius 1 is 1.50 bits per heavy atom. The third-order valence-corrected chi connectivity index (χ3v) is 2.88. The van der Waals surface area contributed by atoms with Crippen molar-refractivity contribution < 1.29 is 14.3 Å². The highest BCUT2D eigenvalue weighted by Gasteiger charge is 2.32. The van der Waals surface area contributed by atoms with Gasteiger partial charge in [-0.25, -0.2) is 9.69 Å². The van der Waals surface area contributed by atoms with E-state index in [2.05, 4.69) is 0 Å². The van der Waals surface area contributed by atoms with E-state index in [1.807, 2.05) is 6.92 Å². The third kappa shape index (κ3) is 2.30. The van der Waals surface area contributed by atoms with Gasteiger partial charge in [-0.2, -0.15) is 0 Å². The zero-order chi connectivity index (χ0) is 13.1. The molecule has 1 aliphatic heterocycles. The highest BCUT2D eigenvalue weighted by molar-refractivity contribution is 6.06. The van der Waals surface area contributed by atoms with Gasteiger partial charge in [0.15, 0.2) is 0 Å². The molecule has 1 aliphatic rings. The number of imide groups is 1. The van der Waals surface area contributed by atoms with Gasteiger partial charge in [0.05, 0.1) is 13.2 Å². The largest absolute Gasteiger partial charge is 0.449 e. The summed E-state index contributed by atoms with van der Waals surface area (Å²) >= 11 is 0. The van der Waals surface area contributed by atoms with Gasteiger partial charge < -0.3 is 10.5 Å². The van der Waals surface area contributed by atoms with E-state index in [-0.39, 0.29) is 12.5 Å². The molecule has 0 spiro atoms. The minimum atomic E-state index is -0.580. The van der Waals surface area contributed by atoms with E-state index >= 15 is 0 Å². The van der Waals surface area contributed by atoms with Gasteiger partial charge in [-0.05, 0) is 30.2 Å². The molecular formula is C13H16N2O3. The number of rotatable bonds is 3. The van der Waals surface area contributed by atoms with Crippen LogP contribution in [-0.4, -0.2) is 23.5 Å². The Kier molecular flexibility index (Phi) is 3.50. The molecule has 0 aliphatic carbocycles. The van der Waals surface area contributed by atoms with Crippen molar-refractivity contribution in [3.05, 3.63) is 29.3 Å². The van der Waals surface area contributed by atoms with Gasteiger partial charge >= 0.3 is 6.09 Å². The predicted molar refractivity (Wildman–Crippen MR) is 67.0 cm³/mol. The number of anilines is 1. The van der Waals surface area contributed by atoms with Crippen LogP contribution >= 0.6 is 0 Å². The van der Waals surface area contributed by atoms with Crippen LogP contribution in [0.5, 0.6) is 0 Å². The first kappa shape index (κ1) is 12.4. The Hall–Kier alpha value is -2.04. The topological polar surface area (TPSA) is 72.6 Å². The number of carbonyl (C=O) groups excluding carboxylic acids is 2. The van der Waals surface area contributed by atoms with Crippen LogP contribution in [0.1, 0.15) is 35.7 Å². The molecule has 0 atom stereocenters. The molecule has 18 heavy (non-hydrogen) atoms. The van der Waals surface area contributed by atoms with Crippen LogP contribution < -0.4 is 5.73 Å². The Morgan fingerprint density at radius 2 is 2.28 bits per heavy atom. The number of fused-ring (bicyclic) bond motifs is 1. The lowest BCUT2D eigenvalue weighted by Crippen LogP contribution is -2.31. The van der Waals surface area contributed by atoms with Gasteiger partial charge in [0.25, 0.3) is 5.91 Å². The summed E-state index contributed by atoms with van der Waals surface area (Å²) in [5, 5.41) is 0. The van der Waals surface area contributed by atoms with Crippen LogP contribution in [-0.2, 0) is 11.3 Å². The Balaban J connectivity index is 2.06. The maximum atomic E-state index is 12.0. The predicted octanol–water partition coefficient (Wildman–Crippen LogP) is 2.16. The minimum absolute atomic E-state index is 0.240. The van der Waals surface area contributed by atoms with Crippen LogP contribution in [0, 0.1) is 0 Å². The summed E-state index contributed by atoms with van der Waals surface area (Å²) in [6.07, 6.45) is 1.16. The van der Waals surface area contributed by atoms with Gasteiger partial charge in [0, 0.05) is 11.3 Å². The fraction of sp³-hybridized carbons (Fsp3) is 0.385. The molecule has 1 aromatic carbocycles. The molecule has 2 rings (SSSR count). The molecule has 0 aromatic heterocycles. The standard InChI is InChI=1S/C13H16N2O3/c1-2-3-6-18-13(17)15-8-9-7-10(14)4-5-11(9)12(15)16/h4-5,7H,2-3,6,8,14H2,1H3. The van der Waals surface area contributed by atoms with Gasteiger partial charge in [-0.1, -0.05) is 13.3 Å². The normalized spacial score (nSPS) is 13.6. The maximum Gasteiger partial charge on any atom is 0.417 e. The van der Waals surface area contributed by atoms with Crippen molar-refractivity contribution >= 4 is 17.7 Å². The van der Waals surface area contributed by atoms with Crippen LogP contribution in [0.2, 0.25) is 0 Å². The molecule has 2 amide bonds. The molecule has 1 aromatic rings. The molecule has 0 bridgehead atoms. The van der Waals surface area contributed by atoms with E-state index in [1.165, 1.54) is 0 Å². The summed E-state index contributed by atoms with van der Waals surface area (Å²) in [4.78, 5) is 24.8. The van der Waals surface area contributed by atoms with E-state index < -0.39 is 6.09 Å². The summed E-state index contributed by atoms with van der Waals surface area (Å²) < 4.78 is 5.03.